The van der Waals surface area contributed by atoms with E-state index in [1.54, 1.807) is 96.3 Å². The number of benzene rings is 5. The predicted molar refractivity (Wildman–Crippen MR) is 339 cm³/mol. The number of likely N-dealkylation sites (tertiary alicyclic amines) is 1. The van der Waals surface area contributed by atoms with E-state index in [0.29, 0.717) is 98.8 Å². The summed E-state index contributed by atoms with van der Waals surface area (Å²) in [4.78, 5) is 75.0. The van der Waals surface area contributed by atoms with Crippen LogP contribution in [0.4, 0.5) is 0 Å². The number of aliphatic hydroxyl groups is 1. The van der Waals surface area contributed by atoms with Gasteiger partial charge in [-0.3, -0.25) is 24.0 Å². The molecule has 472 valence electrons. The summed E-state index contributed by atoms with van der Waals surface area (Å²) in [6.45, 7) is 13.0. The van der Waals surface area contributed by atoms with Gasteiger partial charge in [0, 0.05) is 44.6 Å². The number of nitrogens with one attached hydrogen (secondary N) is 3. The lowest BCUT2D eigenvalue weighted by Crippen LogP contribution is -2.58. The second-order valence-electron chi connectivity index (χ2n) is 22.1. The minimum atomic E-state index is -0.985. The number of aryl methyl sites for hydroxylation is 1. The number of amides is 4. The fourth-order valence-corrected chi connectivity index (χ4v) is 11.7. The number of fused-ring (bicyclic) bond motifs is 1. The number of β-amino-alcohol motifs (C(OH)–C–C–N with tert-alkyl or cyclic N) is 1. The number of aromatic nitrogens is 1. The molecule has 8 rings (SSSR count). The SMILES string of the molecule is Cc1ncsc1-c1ccc([C@H](C)NC(=O)[C@@H]2C[C@@H](O)CN2C(=O)[C@@H](NC(=O)COCCOCCOCCOCCOCCOCCOc2ccc(/C=N/NC(=O)c3ccc(C(=O)c4c(-c5ccc(O)cc5)sc5cc(O)ccc45)cc3)cc2)C(C)(C)C)cc1. The number of rotatable bonds is 33. The van der Waals surface area contributed by atoms with Crippen molar-refractivity contribution in [3.63, 3.8) is 0 Å². The third kappa shape index (κ3) is 19.5. The third-order valence-electron chi connectivity index (χ3n) is 14.3. The maximum atomic E-state index is 14.0. The van der Waals surface area contributed by atoms with E-state index in [1.807, 2.05) is 64.4 Å². The molecule has 7 aromatic rings. The summed E-state index contributed by atoms with van der Waals surface area (Å²) in [5.74, 6) is -1.21. The molecule has 4 amide bonds. The maximum Gasteiger partial charge on any atom is 0.271 e. The van der Waals surface area contributed by atoms with Crippen LogP contribution in [0, 0.1) is 12.3 Å². The largest absolute Gasteiger partial charge is 0.508 e. The van der Waals surface area contributed by atoms with Crippen molar-refractivity contribution in [1.29, 1.82) is 0 Å². The minimum absolute atomic E-state index is 0.0333. The molecule has 0 aliphatic carbocycles. The van der Waals surface area contributed by atoms with E-state index < -0.39 is 41.3 Å². The first kappa shape index (κ1) is 67.0. The van der Waals surface area contributed by atoms with Crippen LogP contribution in [0.3, 0.4) is 0 Å². The topological polar surface area (TPSA) is 275 Å². The lowest BCUT2D eigenvalue weighted by molar-refractivity contribution is -0.144. The molecule has 0 saturated carbocycles. The molecular formula is C66H76N6O15S2. The first-order valence-electron chi connectivity index (χ1n) is 29.2. The van der Waals surface area contributed by atoms with Crippen LogP contribution < -0.4 is 20.8 Å². The van der Waals surface area contributed by atoms with Gasteiger partial charge in [-0.1, -0.05) is 57.2 Å². The zero-order valence-electron chi connectivity index (χ0n) is 50.4. The average Bonchev–Trinajstić information content (AvgIpc) is 1.78. The van der Waals surface area contributed by atoms with Gasteiger partial charge in [-0.25, -0.2) is 10.4 Å². The fraction of sp³-hybridized carbons (Fsp3) is 0.379. The predicted octanol–water partition coefficient (Wildman–Crippen LogP) is 8.25. The number of carbonyl (C=O) groups excluding carboxylic acids is 5. The monoisotopic (exact) mass is 1260 g/mol. The van der Waals surface area contributed by atoms with Crippen LogP contribution in [-0.4, -0.2) is 171 Å². The molecule has 23 heteroatoms. The molecule has 3 heterocycles. The Morgan fingerprint density at radius 1 is 0.697 bits per heavy atom. The molecule has 1 saturated heterocycles. The van der Waals surface area contributed by atoms with Gasteiger partial charge in [0.1, 0.15) is 42.5 Å². The number of aliphatic hydroxyl groups excluding tert-OH is 1. The molecule has 4 atom stereocenters. The van der Waals surface area contributed by atoms with Gasteiger partial charge in [0.15, 0.2) is 5.78 Å². The molecular weight excluding hydrogens is 1180 g/mol. The second kappa shape index (κ2) is 33.0. The Labute approximate surface area is 524 Å². The van der Waals surface area contributed by atoms with Crippen LogP contribution in [-0.2, 0) is 42.8 Å². The number of hydrazone groups is 1. The molecule has 5 aromatic carbocycles. The standard InChI is InChI=1S/C66H76N6O15S2/c1-42(45-8-12-47(13-9-45)60-43(2)67-41-88-60)69-64(79)55-36-52(75)39-72(55)65(80)62(66(3,4)5)70-57(76)40-86-33-32-84-29-28-82-25-24-81-26-27-83-30-31-85-34-35-87-53-21-6-44(7-22-53)38-68-71-63(78)49-14-10-46(11-15-49)59(77)58-54-23-20-51(74)37-56(54)89-61(58)48-16-18-50(73)19-17-48/h6-23,37-38,41-42,52,55,62,73-75H,24-36,39-40H2,1-5H3,(H,69,79)(H,70,76)(H,71,78)/b68-38+/t42-,52+,55-,62+/m0/s1. The number of hydrogen-bond acceptors (Lipinski definition) is 19. The van der Waals surface area contributed by atoms with Crippen molar-refractivity contribution in [2.24, 2.45) is 10.5 Å². The van der Waals surface area contributed by atoms with Crippen LogP contribution in [0.2, 0.25) is 0 Å². The first-order valence-corrected chi connectivity index (χ1v) is 30.9. The minimum Gasteiger partial charge on any atom is -0.508 e. The quantitative estimate of drug-likeness (QED) is 0.00978. The Morgan fingerprint density at radius 2 is 1.26 bits per heavy atom. The van der Waals surface area contributed by atoms with Crippen molar-refractivity contribution in [3.8, 4) is 38.1 Å². The molecule has 0 bridgehead atoms. The Bertz CT molecular complexity index is 3480. The molecule has 2 aromatic heterocycles. The van der Waals surface area contributed by atoms with Crippen molar-refractivity contribution in [1.82, 2.24) is 25.9 Å². The summed E-state index contributed by atoms with van der Waals surface area (Å²) in [5, 5.41) is 41.1. The van der Waals surface area contributed by atoms with E-state index in [0.717, 1.165) is 37.5 Å². The van der Waals surface area contributed by atoms with Crippen LogP contribution in [0.15, 0.2) is 126 Å². The zero-order valence-corrected chi connectivity index (χ0v) is 52.1. The van der Waals surface area contributed by atoms with E-state index in [4.69, 9.17) is 33.2 Å². The number of thiophene rings is 1. The van der Waals surface area contributed by atoms with Crippen molar-refractivity contribution in [3.05, 3.63) is 154 Å². The molecule has 0 spiro atoms. The van der Waals surface area contributed by atoms with E-state index in [1.165, 1.54) is 28.5 Å². The van der Waals surface area contributed by atoms with Gasteiger partial charge in [-0.05, 0) is 120 Å². The van der Waals surface area contributed by atoms with Crippen LogP contribution in [0.5, 0.6) is 17.2 Å². The molecule has 0 radical (unpaired) electrons. The smallest absolute Gasteiger partial charge is 0.271 e. The van der Waals surface area contributed by atoms with Crippen molar-refractivity contribution in [2.75, 3.05) is 92.4 Å². The molecule has 6 N–H and O–H groups in total. The Hall–Kier alpha value is -7.97. The van der Waals surface area contributed by atoms with E-state index in [2.05, 4.69) is 26.1 Å². The van der Waals surface area contributed by atoms with Gasteiger partial charge >= 0.3 is 0 Å². The molecule has 1 aliphatic rings. The Kier molecular flexibility index (Phi) is 24.8. The number of ether oxygens (including phenoxy) is 7. The van der Waals surface area contributed by atoms with Crippen molar-refractivity contribution >= 4 is 68.4 Å². The van der Waals surface area contributed by atoms with Crippen LogP contribution in [0.1, 0.15) is 83.3 Å². The lowest BCUT2D eigenvalue weighted by Gasteiger charge is -2.35. The van der Waals surface area contributed by atoms with Crippen molar-refractivity contribution < 1.29 is 72.5 Å². The van der Waals surface area contributed by atoms with Crippen molar-refractivity contribution in [2.45, 2.75) is 65.3 Å². The maximum absolute atomic E-state index is 14.0. The van der Waals surface area contributed by atoms with Gasteiger partial charge in [0.05, 0.1) is 107 Å². The number of ketones is 1. The van der Waals surface area contributed by atoms with Gasteiger partial charge in [-0.2, -0.15) is 5.10 Å². The number of phenolic OH excluding ortho intramolecular Hbond substituents is 2. The highest BCUT2D eigenvalue weighted by Crippen LogP contribution is 2.42. The highest BCUT2D eigenvalue weighted by atomic mass is 32.1. The van der Waals surface area contributed by atoms with Gasteiger partial charge in [0.2, 0.25) is 17.7 Å². The molecule has 0 unspecified atom stereocenters. The summed E-state index contributed by atoms with van der Waals surface area (Å²) in [5.41, 5.74) is 9.13. The normalized spacial score (nSPS) is 14.9. The average molecular weight is 1260 g/mol. The number of aromatic hydroxyl groups is 2. The molecule has 1 aliphatic heterocycles. The van der Waals surface area contributed by atoms with Crippen LogP contribution in [0.25, 0.3) is 31.0 Å². The van der Waals surface area contributed by atoms with Gasteiger partial charge < -0.3 is 64.0 Å². The summed E-state index contributed by atoms with van der Waals surface area (Å²) < 4.78 is 39.9. The van der Waals surface area contributed by atoms with Gasteiger partial charge in [-0.15, -0.1) is 22.7 Å². The number of hydrogen-bond donors (Lipinski definition) is 6. The van der Waals surface area contributed by atoms with Gasteiger partial charge in [0.25, 0.3) is 5.91 Å². The lowest BCUT2D eigenvalue weighted by atomic mass is 9.85. The third-order valence-corrected chi connectivity index (χ3v) is 16.5. The number of phenols is 2. The van der Waals surface area contributed by atoms with E-state index in [-0.39, 0.29) is 62.0 Å². The Balaban J connectivity index is 0.607. The second-order valence-corrected chi connectivity index (χ2v) is 24.0. The Morgan fingerprint density at radius 3 is 1.85 bits per heavy atom. The fourth-order valence-electron chi connectivity index (χ4n) is 9.63. The van der Waals surface area contributed by atoms with E-state index >= 15 is 0 Å². The summed E-state index contributed by atoms with van der Waals surface area (Å²) in [7, 11) is 0. The summed E-state index contributed by atoms with van der Waals surface area (Å²) >= 11 is 2.94. The first-order chi connectivity index (χ1) is 42.9. The van der Waals surface area contributed by atoms with Crippen LogP contribution >= 0.6 is 22.7 Å². The summed E-state index contributed by atoms with van der Waals surface area (Å²) in [6, 6.07) is 30.5. The number of thiazole rings is 1. The highest BCUT2D eigenvalue weighted by molar-refractivity contribution is 7.22. The zero-order chi connectivity index (χ0) is 63.3. The highest BCUT2D eigenvalue weighted by Gasteiger charge is 2.45. The molecule has 1 fully saturated rings. The number of nitrogens with zero attached hydrogens (tertiary/aromatic N) is 3. The number of carbonyl (C=O) groups is 5. The summed E-state index contributed by atoms with van der Waals surface area (Å²) in [6.07, 6.45) is 0.694. The molecule has 21 nitrogen and oxygen atoms in total. The molecule has 89 heavy (non-hydrogen) atoms. The van der Waals surface area contributed by atoms with E-state index in [9.17, 15) is 39.3 Å².